The molecule has 2 rings (SSSR count). The van der Waals surface area contributed by atoms with Crippen molar-refractivity contribution in [1.29, 1.82) is 0 Å². The maximum absolute atomic E-state index is 11.7. The van der Waals surface area contributed by atoms with E-state index in [2.05, 4.69) is 0 Å². The van der Waals surface area contributed by atoms with E-state index in [0.717, 1.165) is 5.56 Å². The summed E-state index contributed by atoms with van der Waals surface area (Å²) in [5.41, 5.74) is 0.289. The average Bonchev–Trinajstić information content (AvgIpc) is 2.65. The van der Waals surface area contributed by atoms with Crippen LogP contribution in [0.5, 0.6) is 23.0 Å². The molecule has 0 bridgehead atoms. The molecule has 1 aromatic carbocycles. The van der Waals surface area contributed by atoms with Gasteiger partial charge in [0.05, 0.1) is 34.0 Å². The van der Waals surface area contributed by atoms with Crippen molar-refractivity contribution < 1.29 is 28.1 Å². The van der Waals surface area contributed by atoms with E-state index >= 15 is 0 Å². The molecule has 1 heterocycles. The van der Waals surface area contributed by atoms with Crippen molar-refractivity contribution in [1.82, 2.24) is 0 Å². The van der Waals surface area contributed by atoms with Crippen LogP contribution >= 0.6 is 0 Å². The van der Waals surface area contributed by atoms with E-state index in [1.165, 1.54) is 6.07 Å². The third-order valence-electron chi connectivity index (χ3n) is 3.45. The average molecular weight is 362 g/mol. The Kier molecular flexibility index (Phi) is 7.11. The molecule has 0 aliphatic heterocycles. The topological polar surface area (TPSA) is 76.4 Å². The van der Waals surface area contributed by atoms with Gasteiger partial charge in [0.1, 0.15) is 18.1 Å². The van der Waals surface area contributed by atoms with E-state index < -0.39 is 5.63 Å². The molecule has 2 aromatic rings. The van der Waals surface area contributed by atoms with E-state index in [0.29, 0.717) is 42.0 Å². The van der Waals surface area contributed by atoms with E-state index in [1.807, 2.05) is 0 Å². The van der Waals surface area contributed by atoms with Crippen molar-refractivity contribution in [2.24, 2.45) is 0 Å². The van der Waals surface area contributed by atoms with Crippen molar-refractivity contribution in [2.75, 3.05) is 41.7 Å². The first-order chi connectivity index (χ1) is 12.6. The lowest BCUT2D eigenvalue weighted by Gasteiger charge is -2.12. The fourth-order valence-corrected chi connectivity index (χ4v) is 2.26. The monoisotopic (exact) mass is 362 g/mol. The molecule has 0 fully saturated rings. The predicted molar refractivity (Wildman–Crippen MR) is 97.4 cm³/mol. The number of methoxy groups -OCH3 is 4. The standard InChI is InChI=1S/C19H22O7/c1-21-7-8-25-15-11-14(26-18(20)12-15)6-5-13-9-16(22-2)19(24-4)17(10-13)23-3/h5-6,9-12H,7-8H2,1-4H3/b6-5+. The minimum atomic E-state index is -0.496. The van der Waals surface area contributed by atoms with Crippen molar-refractivity contribution in [2.45, 2.75) is 0 Å². The van der Waals surface area contributed by atoms with Crippen LogP contribution in [0.4, 0.5) is 0 Å². The van der Waals surface area contributed by atoms with Crippen LogP contribution < -0.4 is 24.6 Å². The Labute approximate surface area is 151 Å². The van der Waals surface area contributed by atoms with Crippen LogP contribution in [0.1, 0.15) is 11.3 Å². The van der Waals surface area contributed by atoms with Crippen molar-refractivity contribution in [3.63, 3.8) is 0 Å². The molecule has 0 saturated carbocycles. The molecule has 140 valence electrons. The van der Waals surface area contributed by atoms with Gasteiger partial charge in [-0.25, -0.2) is 4.79 Å². The summed E-state index contributed by atoms with van der Waals surface area (Å²) in [5, 5.41) is 0. The van der Waals surface area contributed by atoms with Gasteiger partial charge < -0.3 is 28.1 Å². The molecule has 0 atom stereocenters. The smallest absolute Gasteiger partial charge is 0.339 e. The second-order valence-corrected chi connectivity index (χ2v) is 5.15. The molecule has 1 aromatic heterocycles. The fraction of sp³-hybridized carbons (Fsp3) is 0.316. The Hall–Kier alpha value is -2.93. The van der Waals surface area contributed by atoms with Gasteiger partial charge in [0, 0.05) is 13.2 Å². The molecular weight excluding hydrogens is 340 g/mol. The number of hydrogen-bond acceptors (Lipinski definition) is 7. The normalized spacial score (nSPS) is 10.8. The molecule has 0 spiro atoms. The summed E-state index contributed by atoms with van der Waals surface area (Å²) in [5.74, 6) is 2.35. The van der Waals surface area contributed by atoms with Crippen LogP contribution in [0.2, 0.25) is 0 Å². The molecule has 0 N–H and O–H groups in total. The Balaban J connectivity index is 2.27. The molecule has 7 heteroatoms. The Bertz CT molecular complexity index is 783. The molecule has 0 aliphatic carbocycles. The first-order valence-corrected chi connectivity index (χ1v) is 7.86. The Morgan fingerprint density at radius 3 is 2.15 bits per heavy atom. The summed E-state index contributed by atoms with van der Waals surface area (Å²) in [6.07, 6.45) is 3.42. The molecular formula is C19H22O7. The first-order valence-electron chi connectivity index (χ1n) is 7.86. The highest BCUT2D eigenvalue weighted by molar-refractivity contribution is 5.71. The minimum absolute atomic E-state index is 0.343. The van der Waals surface area contributed by atoms with Crippen LogP contribution in [-0.4, -0.2) is 41.7 Å². The zero-order chi connectivity index (χ0) is 18.9. The Morgan fingerprint density at radius 2 is 1.58 bits per heavy atom. The van der Waals surface area contributed by atoms with E-state index in [4.69, 9.17) is 28.1 Å². The van der Waals surface area contributed by atoms with Crippen LogP contribution in [0.25, 0.3) is 12.2 Å². The van der Waals surface area contributed by atoms with Gasteiger partial charge in [0.2, 0.25) is 5.75 Å². The van der Waals surface area contributed by atoms with Crippen molar-refractivity contribution in [3.05, 3.63) is 46.0 Å². The van der Waals surface area contributed by atoms with Gasteiger partial charge in [-0.3, -0.25) is 0 Å². The minimum Gasteiger partial charge on any atom is -0.493 e. The lowest BCUT2D eigenvalue weighted by atomic mass is 10.1. The maximum atomic E-state index is 11.7. The highest BCUT2D eigenvalue weighted by Crippen LogP contribution is 2.38. The highest BCUT2D eigenvalue weighted by atomic mass is 16.5. The molecule has 0 unspecified atom stereocenters. The molecule has 0 radical (unpaired) electrons. The van der Waals surface area contributed by atoms with Gasteiger partial charge in [0.15, 0.2) is 11.5 Å². The van der Waals surface area contributed by atoms with Gasteiger partial charge in [-0.15, -0.1) is 0 Å². The highest BCUT2D eigenvalue weighted by Gasteiger charge is 2.12. The van der Waals surface area contributed by atoms with Crippen LogP contribution in [0, 0.1) is 0 Å². The molecule has 0 aliphatic rings. The second kappa shape index (κ2) is 9.53. The van der Waals surface area contributed by atoms with Gasteiger partial charge in [-0.2, -0.15) is 0 Å². The first kappa shape index (κ1) is 19.4. The predicted octanol–water partition coefficient (Wildman–Crippen LogP) is 2.86. The lowest BCUT2D eigenvalue weighted by molar-refractivity contribution is 0.146. The molecule has 0 saturated heterocycles. The van der Waals surface area contributed by atoms with Crippen molar-refractivity contribution >= 4 is 12.2 Å². The summed E-state index contributed by atoms with van der Waals surface area (Å²) < 4.78 is 31.5. The van der Waals surface area contributed by atoms with Gasteiger partial charge in [-0.05, 0) is 23.8 Å². The number of benzene rings is 1. The SMILES string of the molecule is COCCOc1cc(/C=C/c2cc(OC)c(OC)c(OC)c2)oc(=O)c1. The zero-order valence-electron chi connectivity index (χ0n) is 15.2. The van der Waals surface area contributed by atoms with Crippen LogP contribution in [0.15, 0.2) is 33.5 Å². The summed E-state index contributed by atoms with van der Waals surface area (Å²) in [6.45, 7) is 0.771. The van der Waals surface area contributed by atoms with E-state index in [9.17, 15) is 4.79 Å². The fourth-order valence-electron chi connectivity index (χ4n) is 2.26. The third-order valence-corrected chi connectivity index (χ3v) is 3.45. The maximum Gasteiger partial charge on any atom is 0.339 e. The summed E-state index contributed by atoms with van der Waals surface area (Å²) in [7, 11) is 6.21. The van der Waals surface area contributed by atoms with Crippen LogP contribution in [0.3, 0.4) is 0 Å². The second-order valence-electron chi connectivity index (χ2n) is 5.15. The Morgan fingerprint density at radius 1 is 0.885 bits per heavy atom. The van der Waals surface area contributed by atoms with Gasteiger partial charge in [0.25, 0.3) is 0 Å². The number of ether oxygens (including phenoxy) is 5. The van der Waals surface area contributed by atoms with Gasteiger partial charge >= 0.3 is 5.63 Å². The van der Waals surface area contributed by atoms with Crippen molar-refractivity contribution in [3.8, 4) is 23.0 Å². The third kappa shape index (κ3) is 5.03. The number of hydrogen-bond donors (Lipinski definition) is 0. The summed E-state index contributed by atoms with van der Waals surface area (Å²) in [6, 6.07) is 6.49. The summed E-state index contributed by atoms with van der Waals surface area (Å²) in [4.78, 5) is 11.7. The quantitative estimate of drug-likeness (QED) is 0.635. The zero-order valence-corrected chi connectivity index (χ0v) is 15.2. The van der Waals surface area contributed by atoms with Crippen LogP contribution in [-0.2, 0) is 4.74 Å². The number of rotatable bonds is 9. The molecule has 26 heavy (non-hydrogen) atoms. The lowest BCUT2D eigenvalue weighted by Crippen LogP contribution is -2.07. The molecule has 7 nitrogen and oxygen atoms in total. The van der Waals surface area contributed by atoms with E-state index in [1.54, 1.807) is 58.8 Å². The molecule has 0 amide bonds. The van der Waals surface area contributed by atoms with E-state index in [-0.39, 0.29) is 0 Å². The van der Waals surface area contributed by atoms with Gasteiger partial charge in [-0.1, -0.05) is 6.08 Å². The summed E-state index contributed by atoms with van der Waals surface area (Å²) >= 11 is 0. The largest absolute Gasteiger partial charge is 0.493 e.